The Bertz CT molecular complexity index is 708. The average Bonchev–Trinajstić information content (AvgIpc) is 2.69. The van der Waals surface area contributed by atoms with Crippen molar-refractivity contribution in [2.45, 2.75) is 45.1 Å². The number of aromatic hydroxyl groups is 1. The molecule has 1 aliphatic rings. The fraction of sp³-hybridized carbons (Fsp3) is 0.409. The van der Waals surface area contributed by atoms with Gasteiger partial charge in [0.2, 0.25) is 0 Å². The van der Waals surface area contributed by atoms with E-state index in [9.17, 15) is 5.11 Å². The van der Waals surface area contributed by atoms with Gasteiger partial charge in [-0.3, -0.25) is 0 Å². The van der Waals surface area contributed by atoms with Crippen LogP contribution in [0.1, 0.15) is 38.2 Å². The van der Waals surface area contributed by atoms with Gasteiger partial charge in [-0.05, 0) is 56.7 Å². The second-order valence-electron chi connectivity index (χ2n) is 7.02. The van der Waals surface area contributed by atoms with E-state index in [0.717, 1.165) is 31.9 Å². The number of hydrogen-bond donors (Lipinski definition) is 2. The first-order valence-corrected chi connectivity index (χ1v) is 9.64. The van der Waals surface area contributed by atoms with Crippen LogP contribution < -0.4 is 5.32 Å². The van der Waals surface area contributed by atoms with Crippen LogP contribution in [0.4, 0.5) is 5.69 Å². The van der Waals surface area contributed by atoms with E-state index in [2.05, 4.69) is 47.5 Å². The Labute approximate surface area is 156 Å². The van der Waals surface area contributed by atoms with Crippen LogP contribution in [0.5, 0.6) is 5.75 Å². The molecule has 0 amide bonds. The summed E-state index contributed by atoms with van der Waals surface area (Å²) in [4.78, 5) is 7.29. The average molecular weight is 351 g/mol. The van der Waals surface area contributed by atoms with Crippen molar-refractivity contribution in [3.8, 4) is 5.75 Å². The molecule has 2 aromatic carbocycles. The topological polar surface area (TPSA) is 47.9 Å². The molecule has 2 N–H and O–H groups in total. The molecule has 0 saturated carbocycles. The van der Waals surface area contributed by atoms with Crippen LogP contribution in [0.2, 0.25) is 0 Å². The molecule has 1 atom stereocenters. The van der Waals surface area contributed by atoms with Crippen molar-refractivity contribution >= 4 is 11.6 Å². The second-order valence-corrected chi connectivity index (χ2v) is 7.02. The summed E-state index contributed by atoms with van der Waals surface area (Å²) in [6, 6.07) is 18.1. The van der Waals surface area contributed by atoms with Crippen LogP contribution in [0, 0.1) is 0 Å². The lowest BCUT2D eigenvalue weighted by molar-refractivity contribution is 0.339. The molecule has 0 bridgehead atoms. The Morgan fingerprint density at radius 1 is 1.04 bits per heavy atom. The van der Waals surface area contributed by atoms with Crippen LogP contribution in [-0.4, -0.2) is 35.1 Å². The number of para-hydroxylation sites is 2. The Morgan fingerprint density at radius 2 is 1.73 bits per heavy atom. The molecule has 138 valence electrons. The molecule has 0 aliphatic carbocycles. The summed E-state index contributed by atoms with van der Waals surface area (Å²) >= 11 is 0. The molecule has 2 aromatic rings. The minimum Gasteiger partial charge on any atom is -0.506 e. The van der Waals surface area contributed by atoms with Crippen molar-refractivity contribution in [1.82, 2.24) is 4.90 Å². The van der Waals surface area contributed by atoms with Gasteiger partial charge in [0.25, 0.3) is 0 Å². The van der Waals surface area contributed by atoms with Crippen LogP contribution in [0.25, 0.3) is 0 Å². The lowest BCUT2D eigenvalue weighted by atomic mass is 10.1. The highest BCUT2D eigenvalue weighted by Gasteiger charge is 2.17. The van der Waals surface area contributed by atoms with Gasteiger partial charge >= 0.3 is 0 Å². The first-order valence-electron chi connectivity index (χ1n) is 9.64. The molecule has 4 heteroatoms. The Balaban J connectivity index is 1.70. The van der Waals surface area contributed by atoms with E-state index in [4.69, 9.17) is 4.99 Å². The highest BCUT2D eigenvalue weighted by molar-refractivity contribution is 5.95. The van der Waals surface area contributed by atoms with Crippen LogP contribution in [-0.2, 0) is 6.42 Å². The SMILES string of the molecule is CC(CCc1ccccc1)N=C(Nc1ccccc1O)N1CCCCC1. The lowest BCUT2D eigenvalue weighted by Crippen LogP contribution is -2.40. The molecule has 1 unspecified atom stereocenters. The molecular formula is C22H29N3O. The second kappa shape index (κ2) is 9.27. The molecule has 1 saturated heterocycles. The number of phenolic OH excluding ortho intramolecular Hbond substituents is 1. The van der Waals surface area contributed by atoms with Gasteiger partial charge in [0.1, 0.15) is 5.75 Å². The van der Waals surface area contributed by atoms with Gasteiger partial charge in [0, 0.05) is 13.1 Å². The molecule has 26 heavy (non-hydrogen) atoms. The van der Waals surface area contributed by atoms with E-state index >= 15 is 0 Å². The van der Waals surface area contributed by atoms with Crippen molar-refractivity contribution in [3.63, 3.8) is 0 Å². The summed E-state index contributed by atoms with van der Waals surface area (Å²) in [7, 11) is 0. The minimum atomic E-state index is 0.213. The number of anilines is 1. The number of likely N-dealkylation sites (tertiary alicyclic amines) is 1. The minimum absolute atomic E-state index is 0.213. The lowest BCUT2D eigenvalue weighted by Gasteiger charge is -2.31. The standard InChI is InChI=1S/C22H29N3O/c1-18(14-15-19-10-4-2-5-11-19)23-22(25-16-8-3-9-17-25)24-20-12-6-7-13-21(20)26/h2,4-7,10-13,18,26H,3,8-9,14-17H2,1H3,(H,23,24). The summed E-state index contributed by atoms with van der Waals surface area (Å²) in [6.45, 7) is 4.20. The number of nitrogens with zero attached hydrogens (tertiary/aromatic N) is 2. The number of phenols is 1. The van der Waals surface area contributed by atoms with Crippen LogP contribution in [0.3, 0.4) is 0 Å². The monoisotopic (exact) mass is 351 g/mol. The summed E-state index contributed by atoms with van der Waals surface area (Å²) in [5.74, 6) is 1.14. The van der Waals surface area contributed by atoms with Crippen molar-refractivity contribution in [2.24, 2.45) is 4.99 Å². The summed E-state index contributed by atoms with van der Waals surface area (Å²) in [6.07, 6.45) is 5.70. The van der Waals surface area contributed by atoms with Gasteiger partial charge in [-0.15, -0.1) is 0 Å². The predicted octanol–water partition coefficient (Wildman–Crippen LogP) is 4.67. The number of benzene rings is 2. The number of piperidine rings is 1. The van der Waals surface area contributed by atoms with Crippen molar-refractivity contribution in [3.05, 3.63) is 60.2 Å². The predicted molar refractivity (Wildman–Crippen MR) is 109 cm³/mol. The molecule has 1 aliphatic heterocycles. The maximum absolute atomic E-state index is 10.1. The zero-order valence-corrected chi connectivity index (χ0v) is 15.6. The summed E-state index contributed by atoms with van der Waals surface area (Å²) in [5.41, 5.74) is 2.06. The summed E-state index contributed by atoms with van der Waals surface area (Å²) in [5, 5.41) is 13.5. The van der Waals surface area contributed by atoms with E-state index in [1.807, 2.05) is 18.2 Å². The number of guanidine groups is 1. The summed E-state index contributed by atoms with van der Waals surface area (Å²) < 4.78 is 0. The van der Waals surface area contributed by atoms with E-state index in [1.165, 1.54) is 24.8 Å². The zero-order valence-electron chi connectivity index (χ0n) is 15.6. The third-order valence-corrected chi connectivity index (χ3v) is 4.84. The van der Waals surface area contributed by atoms with Crippen molar-refractivity contribution in [1.29, 1.82) is 0 Å². The first kappa shape index (κ1) is 18.3. The Hall–Kier alpha value is -2.49. The normalized spacial score (nSPS) is 16.3. The van der Waals surface area contributed by atoms with E-state index in [0.29, 0.717) is 5.69 Å². The first-order chi connectivity index (χ1) is 12.7. The largest absolute Gasteiger partial charge is 0.506 e. The molecule has 0 radical (unpaired) electrons. The molecule has 4 nitrogen and oxygen atoms in total. The number of aliphatic imine (C=N–C) groups is 1. The van der Waals surface area contributed by atoms with Crippen molar-refractivity contribution < 1.29 is 5.11 Å². The third kappa shape index (κ3) is 5.25. The number of nitrogens with one attached hydrogen (secondary N) is 1. The molecule has 1 heterocycles. The number of hydrogen-bond acceptors (Lipinski definition) is 2. The highest BCUT2D eigenvalue weighted by atomic mass is 16.3. The van der Waals surface area contributed by atoms with Gasteiger partial charge in [0.05, 0.1) is 11.7 Å². The fourth-order valence-electron chi connectivity index (χ4n) is 3.29. The Kier molecular flexibility index (Phi) is 6.53. The van der Waals surface area contributed by atoms with Crippen LogP contribution >= 0.6 is 0 Å². The van der Waals surface area contributed by atoms with Gasteiger partial charge in [-0.25, -0.2) is 4.99 Å². The van der Waals surface area contributed by atoms with Gasteiger partial charge < -0.3 is 15.3 Å². The smallest absolute Gasteiger partial charge is 0.198 e. The van der Waals surface area contributed by atoms with Gasteiger partial charge in [-0.2, -0.15) is 0 Å². The quantitative estimate of drug-likeness (QED) is 0.468. The number of rotatable bonds is 5. The van der Waals surface area contributed by atoms with E-state index in [-0.39, 0.29) is 11.8 Å². The maximum atomic E-state index is 10.1. The third-order valence-electron chi connectivity index (χ3n) is 4.84. The molecule has 0 aromatic heterocycles. The van der Waals surface area contributed by atoms with E-state index < -0.39 is 0 Å². The highest BCUT2D eigenvalue weighted by Crippen LogP contribution is 2.23. The molecule has 3 rings (SSSR count). The van der Waals surface area contributed by atoms with Crippen molar-refractivity contribution in [2.75, 3.05) is 18.4 Å². The Morgan fingerprint density at radius 3 is 2.46 bits per heavy atom. The maximum Gasteiger partial charge on any atom is 0.198 e. The van der Waals surface area contributed by atoms with Gasteiger partial charge in [0.15, 0.2) is 5.96 Å². The van der Waals surface area contributed by atoms with E-state index in [1.54, 1.807) is 6.07 Å². The fourth-order valence-corrected chi connectivity index (χ4v) is 3.29. The number of aryl methyl sites for hydroxylation is 1. The zero-order chi connectivity index (χ0) is 18.2. The van der Waals surface area contributed by atoms with Gasteiger partial charge in [-0.1, -0.05) is 42.5 Å². The molecule has 1 fully saturated rings. The molecular weight excluding hydrogens is 322 g/mol. The van der Waals surface area contributed by atoms with Crippen LogP contribution in [0.15, 0.2) is 59.6 Å². The molecule has 0 spiro atoms.